The summed E-state index contributed by atoms with van der Waals surface area (Å²) in [5.41, 5.74) is 1.49. The van der Waals surface area contributed by atoms with Gasteiger partial charge in [0.1, 0.15) is 0 Å². The predicted molar refractivity (Wildman–Crippen MR) is 231 cm³/mol. The quantitative estimate of drug-likeness (QED) is 0.0630. The standard InChI is InChI=1S/C46H68Br2N2O4/c1-5-9-13-17-23-33(24-18-14-10-6-2)27-21-29-49-43(51)35-31-38(48)42-40-36(32-37(47)41(39(35)40)45(49)53)44(52)50(46(42)54)30-22-28-34(25-19-15-11-7-3)26-20-16-12-8-4/h31-34H,5-30H2,1-4H3. The fourth-order valence-corrected chi connectivity index (χ4v) is 10.1. The van der Waals surface area contributed by atoms with E-state index in [-0.39, 0.29) is 23.6 Å². The molecule has 2 aromatic carbocycles. The number of unbranched alkanes of at least 4 members (excludes halogenated alkanes) is 12. The van der Waals surface area contributed by atoms with E-state index in [9.17, 15) is 19.2 Å². The highest BCUT2D eigenvalue weighted by molar-refractivity contribution is 9.10. The van der Waals surface area contributed by atoms with E-state index in [1.54, 1.807) is 12.1 Å². The molecule has 0 aromatic heterocycles. The third kappa shape index (κ3) is 11.5. The summed E-state index contributed by atoms with van der Waals surface area (Å²) in [7, 11) is 0. The summed E-state index contributed by atoms with van der Waals surface area (Å²) in [5, 5.41) is 0.850. The number of hydrogen-bond acceptors (Lipinski definition) is 4. The molecule has 0 radical (unpaired) electrons. The highest BCUT2D eigenvalue weighted by Crippen LogP contribution is 2.44. The van der Waals surface area contributed by atoms with Crippen LogP contribution in [0.15, 0.2) is 21.1 Å². The van der Waals surface area contributed by atoms with E-state index in [0.29, 0.717) is 66.9 Å². The van der Waals surface area contributed by atoms with E-state index in [0.717, 1.165) is 25.7 Å². The minimum Gasteiger partial charge on any atom is -0.274 e. The van der Waals surface area contributed by atoms with Crippen molar-refractivity contribution in [2.45, 2.75) is 182 Å². The Morgan fingerprint density at radius 3 is 1.02 bits per heavy atom. The van der Waals surface area contributed by atoms with Crippen molar-refractivity contribution in [1.82, 2.24) is 9.80 Å². The van der Waals surface area contributed by atoms with Gasteiger partial charge in [-0.15, -0.1) is 0 Å². The maximum Gasteiger partial charge on any atom is 0.262 e. The summed E-state index contributed by atoms with van der Waals surface area (Å²) in [5.74, 6) is -0.192. The summed E-state index contributed by atoms with van der Waals surface area (Å²) in [6, 6.07) is 3.41. The lowest BCUT2D eigenvalue weighted by atomic mass is 9.85. The van der Waals surface area contributed by atoms with Gasteiger partial charge in [-0.2, -0.15) is 0 Å². The lowest BCUT2D eigenvalue weighted by molar-refractivity contribution is 0.0583. The van der Waals surface area contributed by atoms with Gasteiger partial charge in [0.2, 0.25) is 0 Å². The van der Waals surface area contributed by atoms with Crippen molar-refractivity contribution >= 4 is 66.3 Å². The molecular formula is C46H68Br2N2O4. The average molecular weight is 873 g/mol. The molecule has 0 N–H and O–H groups in total. The van der Waals surface area contributed by atoms with Crippen LogP contribution in [0.5, 0.6) is 0 Å². The molecule has 300 valence electrons. The van der Waals surface area contributed by atoms with Gasteiger partial charge >= 0.3 is 0 Å². The molecule has 0 aliphatic carbocycles. The van der Waals surface area contributed by atoms with E-state index in [2.05, 4.69) is 59.6 Å². The van der Waals surface area contributed by atoms with Gasteiger partial charge in [0.25, 0.3) is 23.6 Å². The third-order valence-corrected chi connectivity index (χ3v) is 13.3. The van der Waals surface area contributed by atoms with Crippen LogP contribution in [0.2, 0.25) is 0 Å². The van der Waals surface area contributed by atoms with Gasteiger partial charge in [-0.3, -0.25) is 29.0 Å². The average Bonchev–Trinajstić information content (AvgIpc) is 3.15. The first kappa shape index (κ1) is 44.7. The Morgan fingerprint density at radius 1 is 0.426 bits per heavy atom. The monoisotopic (exact) mass is 870 g/mol. The first-order valence-electron chi connectivity index (χ1n) is 21.9. The van der Waals surface area contributed by atoms with E-state index < -0.39 is 0 Å². The highest BCUT2D eigenvalue weighted by Gasteiger charge is 2.42. The number of carbonyl (C=O) groups is 4. The fraction of sp³-hybridized carbons (Fsp3) is 0.696. The van der Waals surface area contributed by atoms with Crippen molar-refractivity contribution < 1.29 is 19.2 Å². The molecule has 8 heteroatoms. The second-order valence-electron chi connectivity index (χ2n) is 16.2. The van der Waals surface area contributed by atoms with E-state index in [4.69, 9.17) is 0 Å². The zero-order valence-corrected chi connectivity index (χ0v) is 37.1. The number of hydrogen-bond donors (Lipinski definition) is 0. The lowest BCUT2D eigenvalue weighted by Crippen LogP contribution is -2.44. The van der Waals surface area contributed by atoms with Gasteiger partial charge in [0.05, 0.1) is 11.1 Å². The Balaban J connectivity index is 1.49. The molecule has 54 heavy (non-hydrogen) atoms. The molecule has 0 bridgehead atoms. The summed E-state index contributed by atoms with van der Waals surface area (Å²) in [6.45, 7) is 9.68. The molecule has 4 amide bonds. The first-order valence-corrected chi connectivity index (χ1v) is 23.5. The molecule has 2 aromatic rings. The van der Waals surface area contributed by atoms with Crippen molar-refractivity contribution in [1.29, 1.82) is 0 Å². The number of imide groups is 2. The molecule has 2 aliphatic rings. The minimum atomic E-state index is -0.354. The van der Waals surface area contributed by atoms with E-state index in [1.165, 1.54) is 138 Å². The van der Waals surface area contributed by atoms with Gasteiger partial charge < -0.3 is 0 Å². The normalized spacial score (nSPS) is 14.2. The predicted octanol–water partition coefficient (Wildman–Crippen LogP) is 14.2. The van der Waals surface area contributed by atoms with Crippen LogP contribution >= 0.6 is 31.9 Å². The van der Waals surface area contributed by atoms with Crippen LogP contribution in [0.1, 0.15) is 223 Å². The Morgan fingerprint density at radius 2 is 0.722 bits per heavy atom. The zero-order chi connectivity index (χ0) is 39.0. The molecule has 0 saturated heterocycles. The molecule has 4 rings (SSSR count). The minimum absolute atomic E-state index is 0.350. The molecular weight excluding hydrogens is 804 g/mol. The van der Waals surface area contributed by atoms with Gasteiger partial charge in [0, 0.05) is 43.9 Å². The highest BCUT2D eigenvalue weighted by atomic mass is 79.9. The first-order chi connectivity index (χ1) is 26.2. The largest absolute Gasteiger partial charge is 0.274 e. The lowest BCUT2D eigenvalue weighted by Gasteiger charge is -2.33. The molecule has 0 unspecified atom stereocenters. The number of benzene rings is 2. The van der Waals surface area contributed by atoms with E-state index in [1.807, 2.05) is 0 Å². The maximum atomic E-state index is 14.2. The topological polar surface area (TPSA) is 74.8 Å². The molecule has 2 heterocycles. The summed E-state index contributed by atoms with van der Waals surface area (Å²) < 4.78 is 0.988. The second kappa shape index (κ2) is 23.2. The zero-order valence-electron chi connectivity index (χ0n) is 34.0. The van der Waals surface area contributed by atoms with Crippen molar-refractivity contribution in [2.75, 3.05) is 13.1 Å². The number of carbonyl (C=O) groups excluding carboxylic acids is 4. The summed E-state index contributed by atoms with van der Waals surface area (Å²) >= 11 is 7.29. The third-order valence-electron chi connectivity index (χ3n) is 12.0. The molecule has 2 aliphatic heterocycles. The summed E-state index contributed by atoms with van der Waals surface area (Å²) in [4.78, 5) is 59.3. The van der Waals surface area contributed by atoms with Crippen LogP contribution < -0.4 is 0 Å². The van der Waals surface area contributed by atoms with Crippen LogP contribution in [0, 0.1) is 11.8 Å². The maximum absolute atomic E-state index is 14.2. The summed E-state index contributed by atoms with van der Waals surface area (Å²) in [6.07, 6.45) is 28.3. The Labute approximate surface area is 343 Å². The molecule has 0 spiro atoms. The van der Waals surface area contributed by atoms with Gasteiger partial charge in [-0.05, 0) is 81.5 Å². The van der Waals surface area contributed by atoms with Crippen molar-refractivity contribution in [2.24, 2.45) is 11.8 Å². The van der Waals surface area contributed by atoms with E-state index >= 15 is 0 Å². The smallest absolute Gasteiger partial charge is 0.262 e. The Hall–Kier alpha value is -2.06. The fourth-order valence-electron chi connectivity index (χ4n) is 8.86. The van der Waals surface area contributed by atoms with Crippen molar-refractivity contribution in [3.05, 3.63) is 43.3 Å². The molecule has 0 fully saturated rings. The number of halogens is 2. The Kier molecular flexibility index (Phi) is 19.2. The van der Waals surface area contributed by atoms with Crippen molar-refractivity contribution in [3.63, 3.8) is 0 Å². The van der Waals surface area contributed by atoms with Gasteiger partial charge in [0.15, 0.2) is 0 Å². The number of rotatable bonds is 28. The molecule has 6 nitrogen and oxygen atoms in total. The SMILES string of the molecule is CCCCCCC(CCCCCC)CCCN1C(=O)c2cc(Br)c3c4c(cc(Br)c(c24)C1=O)C(=O)N(CCCC(CCCCCC)CCCCCC)C3=O. The van der Waals surface area contributed by atoms with Crippen LogP contribution in [0.25, 0.3) is 10.8 Å². The van der Waals surface area contributed by atoms with Crippen LogP contribution in [-0.4, -0.2) is 46.5 Å². The number of amides is 4. The van der Waals surface area contributed by atoms with Crippen molar-refractivity contribution in [3.8, 4) is 0 Å². The Bertz CT molecular complexity index is 1430. The van der Waals surface area contributed by atoms with Gasteiger partial charge in [-0.1, -0.05) is 156 Å². The van der Waals surface area contributed by atoms with Crippen LogP contribution in [-0.2, 0) is 0 Å². The second-order valence-corrected chi connectivity index (χ2v) is 18.0. The molecule has 0 atom stereocenters. The van der Waals surface area contributed by atoms with Crippen LogP contribution in [0.3, 0.4) is 0 Å². The number of nitrogens with zero attached hydrogens (tertiary/aromatic N) is 2. The van der Waals surface area contributed by atoms with Gasteiger partial charge in [-0.25, -0.2) is 0 Å². The molecule has 0 saturated carbocycles. The van der Waals surface area contributed by atoms with Crippen LogP contribution in [0.4, 0.5) is 0 Å².